The molecule has 0 aromatic heterocycles. The van der Waals surface area contributed by atoms with Crippen LogP contribution in [0.15, 0.2) is 5.16 Å². The topological polar surface area (TPSA) is 62.1 Å². The van der Waals surface area contributed by atoms with Crippen molar-refractivity contribution >= 4 is 5.71 Å². The van der Waals surface area contributed by atoms with Gasteiger partial charge in [-0.2, -0.15) is 0 Å². The Hall–Kier alpha value is -0.610. The minimum Gasteiger partial charge on any atom is -0.393 e. The summed E-state index contributed by atoms with van der Waals surface area (Å²) in [5, 5.41) is 24.6. The van der Waals surface area contributed by atoms with Crippen molar-refractivity contribution in [2.45, 2.75) is 77.6 Å². The molecule has 0 spiro atoms. The van der Waals surface area contributed by atoms with Gasteiger partial charge in [0.2, 0.25) is 6.29 Å². The Morgan fingerprint density at radius 3 is 2.67 bits per heavy atom. The average molecular weight is 333 g/mol. The van der Waals surface area contributed by atoms with Crippen LogP contribution in [0, 0.1) is 40.4 Å². The van der Waals surface area contributed by atoms with Crippen LogP contribution in [-0.4, -0.2) is 28.3 Å². The van der Waals surface area contributed by atoms with Gasteiger partial charge in [0, 0.05) is 5.41 Å². The van der Waals surface area contributed by atoms with Crippen LogP contribution in [-0.2, 0) is 4.84 Å². The molecule has 4 nitrogen and oxygen atoms in total. The van der Waals surface area contributed by atoms with E-state index in [4.69, 9.17) is 4.84 Å². The summed E-state index contributed by atoms with van der Waals surface area (Å²) in [5.41, 5.74) is 1.71. The van der Waals surface area contributed by atoms with E-state index in [0.29, 0.717) is 17.3 Å². The Labute approximate surface area is 144 Å². The van der Waals surface area contributed by atoms with Crippen LogP contribution in [0.4, 0.5) is 0 Å². The molecule has 0 radical (unpaired) electrons. The summed E-state index contributed by atoms with van der Waals surface area (Å²) in [4.78, 5) is 5.20. The molecule has 0 amide bonds. The SMILES string of the molecule is C[C@]12CC[C@@H](O)C[C@H]1CC[C@@H]1[C@@H]2CC[C@]2(C)C3=NO[C@H](O)[C@@H]3C[C@@H]12. The van der Waals surface area contributed by atoms with Crippen LogP contribution < -0.4 is 0 Å². The highest BCUT2D eigenvalue weighted by molar-refractivity contribution is 5.95. The van der Waals surface area contributed by atoms with Gasteiger partial charge in [0.05, 0.1) is 17.7 Å². The quantitative estimate of drug-likeness (QED) is 0.715. The molecule has 24 heavy (non-hydrogen) atoms. The third kappa shape index (κ3) is 1.85. The fraction of sp³-hybridized carbons (Fsp3) is 0.950. The molecule has 0 bridgehead atoms. The van der Waals surface area contributed by atoms with E-state index in [1.165, 1.54) is 32.1 Å². The molecule has 1 aliphatic heterocycles. The first kappa shape index (κ1) is 15.6. The lowest BCUT2D eigenvalue weighted by molar-refractivity contribution is -0.127. The summed E-state index contributed by atoms with van der Waals surface area (Å²) in [7, 11) is 0. The van der Waals surface area contributed by atoms with Crippen LogP contribution in [0.5, 0.6) is 0 Å². The summed E-state index contributed by atoms with van der Waals surface area (Å²) in [6.07, 6.45) is 8.52. The number of oxime groups is 1. The largest absolute Gasteiger partial charge is 0.393 e. The van der Waals surface area contributed by atoms with Gasteiger partial charge in [0.25, 0.3) is 0 Å². The van der Waals surface area contributed by atoms with Gasteiger partial charge in [-0.15, -0.1) is 0 Å². The van der Waals surface area contributed by atoms with Crippen molar-refractivity contribution in [1.29, 1.82) is 0 Å². The Morgan fingerprint density at radius 2 is 1.83 bits per heavy atom. The van der Waals surface area contributed by atoms with E-state index in [-0.39, 0.29) is 17.4 Å². The van der Waals surface area contributed by atoms with Gasteiger partial charge in [0.1, 0.15) is 0 Å². The predicted molar refractivity (Wildman–Crippen MR) is 91.1 cm³/mol. The van der Waals surface area contributed by atoms with Gasteiger partial charge < -0.3 is 15.1 Å². The van der Waals surface area contributed by atoms with Crippen molar-refractivity contribution in [2.24, 2.45) is 45.6 Å². The van der Waals surface area contributed by atoms with E-state index in [0.717, 1.165) is 36.8 Å². The van der Waals surface area contributed by atoms with E-state index < -0.39 is 6.29 Å². The standard InChI is InChI=1S/C20H31NO3/c1-19-7-5-12(22)9-11(19)3-4-13-15(19)6-8-20(2)16(13)10-14-17(20)21-24-18(14)23/h11-16,18,22-23H,3-10H2,1-2H3/t11-,12-,13-,14-,15+,16+,18+,19+,20+/m1/s1. The molecular formula is C20H31NO3. The summed E-state index contributed by atoms with van der Waals surface area (Å²) in [6.45, 7) is 4.90. The zero-order valence-corrected chi connectivity index (χ0v) is 14.9. The van der Waals surface area contributed by atoms with Gasteiger partial charge in [-0.1, -0.05) is 19.0 Å². The Balaban J connectivity index is 1.47. The molecule has 2 N–H and O–H groups in total. The molecule has 4 aliphatic carbocycles. The monoisotopic (exact) mass is 333 g/mol. The minimum absolute atomic E-state index is 0.0685. The van der Waals surface area contributed by atoms with Crippen LogP contribution in [0.1, 0.15) is 65.2 Å². The maximum Gasteiger partial charge on any atom is 0.232 e. The highest BCUT2D eigenvalue weighted by Gasteiger charge is 2.63. The summed E-state index contributed by atoms with van der Waals surface area (Å²) in [5.74, 6) is 3.06. The lowest BCUT2D eigenvalue weighted by Crippen LogP contribution is -2.54. The molecular weight excluding hydrogens is 302 g/mol. The lowest BCUT2D eigenvalue weighted by atomic mass is 9.45. The first-order chi connectivity index (χ1) is 11.4. The molecule has 5 rings (SSSR count). The van der Waals surface area contributed by atoms with E-state index in [1.807, 2.05) is 0 Å². The first-order valence-corrected chi connectivity index (χ1v) is 10.0. The second-order valence-electron chi connectivity index (χ2n) is 9.86. The van der Waals surface area contributed by atoms with Crippen molar-refractivity contribution in [3.8, 4) is 0 Å². The fourth-order valence-corrected chi connectivity index (χ4v) is 7.72. The molecule has 0 aromatic rings. The van der Waals surface area contributed by atoms with Crippen LogP contribution in [0.25, 0.3) is 0 Å². The van der Waals surface area contributed by atoms with Gasteiger partial charge in [-0.25, -0.2) is 0 Å². The smallest absolute Gasteiger partial charge is 0.232 e. The van der Waals surface area contributed by atoms with Crippen molar-refractivity contribution in [1.82, 2.24) is 0 Å². The normalized spacial score (nSPS) is 58.8. The lowest BCUT2D eigenvalue weighted by Gasteiger charge is -2.60. The van der Waals surface area contributed by atoms with Crippen LogP contribution in [0.2, 0.25) is 0 Å². The third-order valence-electron chi connectivity index (χ3n) is 9.08. The highest BCUT2D eigenvalue weighted by Crippen LogP contribution is 2.67. The van der Waals surface area contributed by atoms with Crippen molar-refractivity contribution in [2.75, 3.05) is 0 Å². The predicted octanol–water partition coefficient (Wildman–Crippen LogP) is 3.32. The number of aliphatic hydroxyl groups is 2. The molecule has 1 heterocycles. The van der Waals surface area contributed by atoms with Gasteiger partial charge in [-0.05, 0) is 80.5 Å². The number of aliphatic hydroxyl groups excluding tert-OH is 2. The Kier molecular flexibility index (Phi) is 3.24. The van der Waals surface area contributed by atoms with Crippen LogP contribution in [0.3, 0.4) is 0 Å². The van der Waals surface area contributed by atoms with Crippen molar-refractivity contribution in [3.05, 3.63) is 0 Å². The molecule has 9 atom stereocenters. The third-order valence-corrected chi connectivity index (χ3v) is 9.08. The second kappa shape index (κ2) is 4.97. The number of fused-ring (bicyclic) bond motifs is 7. The zero-order valence-electron chi connectivity index (χ0n) is 14.9. The van der Waals surface area contributed by atoms with Gasteiger partial charge in [0.15, 0.2) is 0 Å². The van der Waals surface area contributed by atoms with E-state index in [9.17, 15) is 10.2 Å². The highest BCUT2D eigenvalue weighted by atomic mass is 16.7. The average Bonchev–Trinajstić information content (AvgIpc) is 3.06. The molecule has 4 heteroatoms. The molecule has 4 fully saturated rings. The van der Waals surface area contributed by atoms with Gasteiger partial charge >= 0.3 is 0 Å². The molecule has 134 valence electrons. The summed E-state index contributed by atoms with van der Waals surface area (Å²) >= 11 is 0. The number of hydrogen-bond acceptors (Lipinski definition) is 4. The van der Waals surface area contributed by atoms with Crippen LogP contribution >= 0.6 is 0 Å². The van der Waals surface area contributed by atoms with Gasteiger partial charge in [-0.3, -0.25) is 0 Å². The molecule has 0 unspecified atom stereocenters. The molecule has 0 saturated heterocycles. The first-order valence-electron chi connectivity index (χ1n) is 10.0. The summed E-state index contributed by atoms with van der Waals surface area (Å²) in [6, 6.07) is 0. The second-order valence-corrected chi connectivity index (χ2v) is 9.86. The summed E-state index contributed by atoms with van der Waals surface area (Å²) < 4.78 is 0. The Bertz CT molecular complexity index is 577. The minimum atomic E-state index is -0.711. The van der Waals surface area contributed by atoms with E-state index in [1.54, 1.807) is 0 Å². The fourth-order valence-electron chi connectivity index (χ4n) is 7.72. The van der Waals surface area contributed by atoms with Crippen molar-refractivity contribution < 1.29 is 15.1 Å². The maximum absolute atomic E-state index is 10.2. The number of rotatable bonds is 0. The van der Waals surface area contributed by atoms with E-state index >= 15 is 0 Å². The van der Waals surface area contributed by atoms with E-state index in [2.05, 4.69) is 19.0 Å². The van der Waals surface area contributed by atoms with Crippen molar-refractivity contribution in [3.63, 3.8) is 0 Å². The molecule has 0 aromatic carbocycles. The maximum atomic E-state index is 10.2. The number of hydrogen-bond donors (Lipinski definition) is 2. The zero-order chi connectivity index (χ0) is 16.7. The number of nitrogens with zero attached hydrogens (tertiary/aromatic N) is 1. The molecule has 4 saturated carbocycles. The Morgan fingerprint density at radius 1 is 1.00 bits per heavy atom. The molecule has 5 aliphatic rings.